The molecule has 0 radical (unpaired) electrons. The van der Waals surface area contributed by atoms with Gasteiger partial charge >= 0.3 is 6.03 Å². The fourth-order valence-corrected chi connectivity index (χ4v) is 3.02. The molecule has 2 amide bonds. The Bertz CT molecular complexity index is 458. The molecule has 7 heteroatoms. The Morgan fingerprint density at radius 2 is 2.00 bits per heavy atom. The summed E-state index contributed by atoms with van der Waals surface area (Å²) in [4.78, 5) is 11.8. The number of aliphatic hydroxyl groups is 1. The number of hydrogen-bond acceptors (Lipinski definition) is 5. The molecule has 0 aromatic carbocycles. The molecule has 0 saturated heterocycles. The van der Waals surface area contributed by atoms with Crippen molar-refractivity contribution in [1.29, 1.82) is 0 Å². The Balaban J connectivity index is 2.41. The average Bonchev–Trinajstić information content (AvgIpc) is 2.71. The zero-order valence-electron chi connectivity index (χ0n) is 13.4. The second-order valence-corrected chi connectivity index (χ2v) is 7.69. The number of hydrogen-bond donors (Lipinski definition) is 3. The van der Waals surface area contributed by atoms with Crippen LogP contribution in [0.25, 0.3) is 0 Å². The molecular formula is C14H26N4O2S. The van der Waals surface area contributed by atoms with Gasteiger partial charge in [-0.2, -0.15) is 0 Å². The van der Waals surface area contributed by atoms with Crippen LogP contribution in [0.15, 0.2) is 0 Å². The second kappa shape index (κ2) is 7.70. The Morgan fingerprint density at radius 3 is 2.57 bits per heavy atom. The number of anilines is 1. The van der Waals surface area contributed by atoms with Gasteiger partial charge in [0.05, 0.1) is 6.10 Å². The molecule has 21 heavy (non-hydrogen) atoms. The van der Waals surface area contributed by atoms with E-state index >= 15 is 0 Å². The van der Waals surface area contributed by atoms with Gasteiger partial charge in [-0.1, -0.05) is 39.0 Å². The van der Waals surface area contributed by atoms with Crippen molar-refractivity contribution in [2.24, 2.45) is 11.3 Å². The van der Waals surface area contributed by atoms with Crippen LogP contribution in [0, 0.1) is 11.3 Å². The topological polar surface area (TPSA) is 87.1 Å². The molecule has 0 aliphatic rings. The van der Waals surface area contributed by atoms with Crippen LogP contribution in [0.5, 0.6) is 0 Å². The molecule has 1 rings (SSSR count). The van der Waals surface area contributed by atoms with Gasteiger partial charge in [-0.05, 0) is 24.7 Å². The summed E-state index contributed by atoms with van der Waals surface area (Å²) in [5.41, 5.74) is -0.157. The largest absolute Gasteiger partial charge is 0.393 e. The summed E-state index contributed by atoms with van der Waals surface area (Å²) in [5.74, 6) is 0.515. The number of amides is 2. The predicted octanol–water partition coefficient (Wildman–Crippen LogP) is 2.66. The highest BCUT2D eigenvalue weighted by atomic mass is 32.1. The van der Waals surface area contributed by atoms with E-state index in [9.17, 15) is 9.90 Å². The van der Waals surface area contributed by atoms with E-state index < -0.39 is 0 Å². The summed E-state index contributed by atoms with van der Waals surface area (Å²) >= 11 is 1.40. The van der Waals surface area contributed by atoms with Crippen molar-refractivity contribution in [3.8, 4) is 0 Å². The highest BCUT2D eigenvalue weighted by molar-refractivity contribution is 7.15. The Morgan fingerprint density at radius 1 is 1.33 bits per heavy atom. The molecule has 0 aliphatic carbocycles. The van der Waals surface area contributed by atoms with Crippen molar-refractivity contribution >= 4 is 22.5 Å². The fraction of sp³-hybridized carbons (Fsp3) is 0.786. The summed E-state index contributed by atoms with van der Waals surface area (Å²) in [5, 5.41) is 24.4. The predicted molar refractivity (Wildman–Crippen MR) is 85.6 cm³/mol. The highest BCUT2D eigenvalue weighted by Crippen LogP contribution is 2.21. The van der Waals surface area contributed by atoms with Gasteiger partial charge in [0.2, 0.25) is 5.13 Å². The molecule has 1 heterocycles. The Kier molecular flexibility index (Phi) is 6.54. The summed E-state index contributed by atoms with van der Waals surface area (Å²) in [6, 6.07) is -0.291. The van der Waals surface area contributed by atoms with E-state index in [-0.39, 0.29) is 17.6 Å². The molecular weight excluding hydrogens is 288 g/mol. The smallest absolute Gasteiger partial charge is 0.321 e. The van der Waals surface area contributed by atoms with Gasteiger partial charge in [-0.3, -0.25) is 5.32 Å². The van der Waals surface area contributed by atoms with Gasteiger partial charge in [0.1, 0.15) is 5.01 Å². The summed E-state index contributed by atoms with van der Waals surface area (Å²) in [6.07, 6.45) is 1.11. The van der Waals surface area contributed by atoms with Crippen LogP contribution >= 0.6 is 11.3 Å². The maximum absolute atomic E-state index is 11.8. The number of nitrogens with zero attached hydrogens (tertiary/aromatic N) is 2. The van der Waals surface area contributed by atoms with E-state index in [4.69, 9.17) is 0 Å². The van der Waals surface area contributed by atoms with E-state index in [0.717, 1.165) is 11.4 Å². The van der Waals surface area contributed by atoms with Crippen LogP contribution in [0.4, 0.5) is 9.93 Å². The van der Waals surface area contributed by atoms with Crippen LogP contribution in [0.2, 0.25) is 0 Å². The lowest BCUT2D eigenvalue weighted by Gasteiger charge is -2.26. The molecule has 3 N–H and O–H groups in total. The van der Waals surface area contributed by atoms with Crippen molar-refractivity contribution in [2.45, 2.75) is 53.6 Å². The summed E-state index contributed by atoms with van der Waals surface area (Å²) < 4.78 is 0. The van der Waals surface area contributed by atoms with Gasteiger partial charge in [-0.25, -0.2) is 4.79 Å². The van der Waals surface area contributed by atoms with Gasteiger partial charge in [-0.15, -0.1) is 10.2 Å². The van der Waals surface area contributed by atoms with E-state index in [1.54, 1.807) is 6.92 Å². The lowest BCUT2D eigenvalue weighted by atomic mass is 9.87. The number of aromatic nitrogens is 2. The standard InChI is InChI=1S/C14H26N4O2S/c1-9(2)6-11-17-18-13(21-11)16-12(20)15-8-14(4,5)7-10(3)19/h9-10,19H,6-8H2,1-5H3,(H2,15,16,18,20). The first kappa shape index (κ1) is 17.8. The normalized spacial score (nSPS) is 13.3. The average molecular weight is 314 g/mol. The Hall–Kier alpha value is -1.21. The van der Waals surface area contributed by atoms with Crippen molar-refractivity contribution in [2.75, 3.05) is 11.9 Å². The van der Waals surface area contributed by atoms with E-state index in [1.165, 1.54) is 11.3 Å². The number of carbonyl (C=O) groups excluding carboxylic acids is 1. The molecule has 1 aromatic heterocycles. The molecule has 6 nitrogen and oxygen atoms in total. The highest BCUT2D eigenvalue weighted by Gasteiger charge is 2.21. The molecule has 1 unspecified atom stereocenters. The molecule has 0 aliphatic heterocycles. The lowest BCUT2D eigenvalue weighted by molar-refractivity contribution is 0.129. The van der Waals surface area contributed by atoms with Crippen molar-refractivity contribution < 1.29 is 9.90 Å². The minimum absolute atomic E-state index is 0.157. The molecule has 120 valence electrons. The maximum Gasteiger partial charge on any atom is 0.321 e. The SMILES string of the molecule is CC(C)Cc1nnc(NC(=O)NCC(C)(C)CC(C)O)s1. The Labute approximate surface area is 130 Å². The van der Waals surface area contributed by atoms with Gasteiger partial charge in [0.25, 0.3) is 0 Å². The lowest BCUT2D eigenvalue weighted by Crippen LogP contribution is -2.38. The first-order chi connectivity index (χ1) is 9.68. The number of urea groups is 1. The molecule has 0 spiro atoms. The number of rotatable bonds is 7. The third-order valence-electron chi connectivity index (χ3n) is 2.85. The molecule has 0 fully saturated rings. The monoisotopic (exact) mass is 314 g/mol. The number of carbonyl (C=O) groups is 1. The first-order valence-corrected chi connectivity index (χ1v) is 8.05. The fourth-order valence-electron chi connectivity index (χ4n) is 2.07. The van der Waals surface area contributed by atoms with Crippen LogP contribution in [-0.4, -0.2) is 34.0 Å². The molecule has 1 atom stereocenters. The number of aliphatic hydroxyl groups excluding tert-OH is 1. The van der Waals surface area contributed by atoms with E-state index in [2.05, 4.69) is 34.7 Å². The van der Waals surface area contributed by atoms with Gasteiger partial charge in [0.15, 0.2) is 0 Å². The molecule has 0 bridgehead atoms. The van der Waals surface area contributed by atoms with Crippen molar-refractivity contribution in [3.63, 3.8) is 0 Å². The van der Waals surface area contributed by atoms with Gasteiger partial charge in [0, 0.05) is 13.0 Å². The molecule has 0 saturated carbocycles. The zero-order valence-corrected chi connectivity index (χ0v) is 14.3. The van der Waals surface area contributed by atoms with Crippen molar-refractivity contribution in [3.05, 3.63) is 5.01 Å². The minimum atomic E-state index is -0.383. The third kappa shape index (κ3) is 7.38. The quantitative estimate of drug-likeness (QED) is 0.722. The maximum atomic E-state index is 11.8. The van der Waals surface area contributed by atoms with Gasteiger partial charge < -0.3 is 10.4 Å². The number of nitrogens with one attached hydrogen (secondary N) is 2. The summed E-state index contributed by atoms with van der Waals surface area (Å²) in [6.45, 7) is 10.5. The van der Waals surface area contributed by atoms with E-state index in [0.29, 0.717) is 24.0 Å². The van der Waals surface area contributed by atoms with E-state index in [1.807, 2.05) is 13.8 Å². The first-order valence-electron chi connectivity index (χ1n) is 7.23. The zero-order chi connectivity index (χ0) is 16.0. The summed E-state index contributed by atoms with van der Waals surface area (Å²) in [7, 11) is 0. The van der Waals surface area contributed by atoms with Crippen LogP contribution in [0.3, 0.4) is 0 Å². The molecule has 1 aromatic rings. The van der Waals surface area contributed by atoms with Crippen molar-refractivity contribution in [1.82, 2.24) is 15.5 Å². The van der Waals surface area contributed by atoms with Crippen LogP contribution in [-0.2, 0) is 6.42 Å². The minimum Gasteiger partial charge on any atom is -0.393 e. The van der Waals surface area contributed by atoms with Crippen LogP contribution < -0.4 is 10.6 Å². The van der Waals surface area contributed by atoms with Crippen LogP contribution in [0.1, 0.15) is 46.0 Å². The second-order valence-electron chi connectivity index (χ2n) is 6.62. The third-order valence-corrected chi connectivity index (χ3v) is 3.71.